The molecule has 13 heteroatoms. The largest absolute Gasteiger partial charge is 0.433 e. The van der Waals surface area contributed by atoms with E-state index in [0.29, 0.717) is 10.9 Å². The van der Waals surface area contributed by atoms with Crippen LogP contribution in [0.25, 0.3) is 34.2 Å². The maximum absolute atomic E-state index is 13.3. The van der Waals surface area contributed by atoms with Crippen LogP contribution in [0.1, 0.15) is 11.3 Å². The molecule has 0 saturated carbocycles. The molecule has 30 heavy (non-hydrogen) atoms. The number of aryl methyl sites for hydroxylation is 1. The van der Waals surface area contributed by atoms with Crippen LogP contribution in [0.15, 0.2) is 37.3 Å². The van der Waals surface area contributed by atoms with Gasteiger partial charge in [0.1, 0.15) is 18.3 Å². The average molecular weight is 415 g/mol. The van der Waals surface area contributed by atoms with E-state index in [2.05, 4.69) is 30.1 Å². The van der Waals surface area contributed by atoms with Crippen LogP contribution in [-0.2, 0) is 18.0 Å². The van der Waals surface area contributed by atoms with Gasteiger partial charge in [0.2, 0.25) is 0 Å². The fourth-order valence-electron chi connectivity index (χ4n) is 2.76. The van der Waals surface area contributed by atoms with Crippen molar-refractivity contribution in [1.29, 1.82) is 0 Å². The van der Waals surface area contributed by atoms with Gasteiger partial charge in [0.05, 0.1) is 17.2 Å². The summed E-state index contributed by atoms with van der Waals surface area (Å²) in [6.45, 7) is 0. The standard InChI is InChI=1S/C17H12F3N9O/c1-28-16-11(5-25-28)10(2-13(26-16)17(18,19)20)15-24-8-29(27-15)6-12(14(21)30)9-3-22-7-23-4-9/h2-8H,1H3,(H2,21,30)/b12-6+. The monoisotopic (exact) mass is 415 g/mol. The van der Waals surface area contributed by atoms with Crippen LogP contribution in [-0.4, -0.2) is 45.4 Å². The number of nitrogens with two attached hydrogens (primary N) is 1. The molecule has 10 nitrogen and oxygen atoms in total. The fraction of sp³-hybridized carbons (Fsp3) is 0.118. The number of alkyl halides is 3. The highest BCUT2D eigenvalue weighted by Gasteiger charge is 2.34. The number of pyridine rings is 1. The van der Waals surface area contributed by atoms with Gasteiger partial charge in [0, 0.05) is 36.8 Å². The van der Waals surface area contributed by atoms with Crippen molar-refractivity contribution in [2.45, 2.75) is 6.18 Å². The molecule has 0 aliphatic rings. The predicted octanol–water partition coefficient (Wildman–Crippen LogP) is 1.52. The zero-order valence-electron chi connectivity index (χ0n) is 15.2. The minimum atomic E-state index is -4.66. The number of primary amides is 1. The summed E-state index contributed by atoms with van der Waals surface area (Å²) in [5, 5.41) is 8.47. The van der Waals surface area contributed by atoms with Gasteiger partial charge < -0.3 is 5.73 Å². The second-order valence-corrected chi connectivity index (χ2v) is 6.14. The van der Waals surface area contributed by atoms with E-state index in [1.54, 1.807) is 0 Å². The number of rotatable bonds is 4. The summed E-state index contributed by atoms with van der Waals surface area (Å²) in [5.41, 5.74) is 4.83. The van der Waals surface area contributed by atoms with Crippen LogP contribution in [0.4, 0.5) is 13.2 Å². The van der Waals surface area contributed by atoms with E-state index in [1.165, 1.54) is 49.2 Å². The summed E-state index contributed by atoms with van der Waals surface area (Å²) in [6.07, 6.45) is 3.29. The molecule has 0 bridgehead atoms. The lowest BCUT2D eigenvalue weighted by molar-refractivity contribution is -0.141. The molecule has 1 amide bonds. The smallest absolute Gasteiger partial charge is 0.366 e. The highest BCUT2D eigenvalue weighted by Crippen LogP contribution is 2.33. The van der Waals surface area contributed by atoms with Gasteiger partial charge in [-0.15, -0.1) is 5.10 Å². The maximum atomic E-state index is 13.3. The fourth-order valence-corrected chi connectivity index (χ4v) is 2.76. The zero-order chi connectivity index (χ0) is 21.5. The number of fused-ring (bicyclic) bond motifs is 1. The van der Waals surface area contributed by atoms with E-state index in [1.807, 2.05) is 0 Å². The maximum Gasteiger partial charge on any atom is 0.433 e. The lowest BCUT2D eigenvalue weighted by Crippen LogP contribution is -2.14. The van der Waals surface area contributed by atoms with Gasteiger partial charge >= 0.3 is 6.18 Å². The lowest BCUT2D eigenvalue weighted by atomic mass is 10.1. The number of hydrogen-bond donors (Lipinski definition) is 1. The van der Waals surface area contributed by atoms with E-state index in [0.717, 1.165) is 10.7 Å². The number of carbonyl (C=O) groups excluding carboxylic acids is 1. The number of nitrogens with zero attached hydrogens (tertiary/aromatic N) is 8. The molecule has 0 aliphatic carbocycles. The molecular weight excluding hydrogens is 403 g/mol. The lowest BCUT2D eigenvalue weighted by Gasteiger charge is -2.08. The zero-order valence-corrected chi connectivity index (χ0v) is 15.2. The first-order valence-corrected chi connectivity index (χ1v) is 8.32. The van der Waals surface area contributed by atoms with Crippen molar-refractivity contribution in [3.8, 4) is 11.4 Å². The summed E-state index contributed by atoms with van der Waals surface area (Å²) >= 11 is 0. The Hall–Kier alpha value is -4.16. The molecular formula is C17H12F3N9O. The van der Waals surface area contributed by atoms with Crippen LogP contribution in [0.3, 0.4) is 0 Å². The molecule has 0 fully saturated rings. The summed E-state index contributed by atoms with van der Waals surface area (Å²) in [7, 11) is 1.48. The first-order valence-electron chi connectivity index (χ1n) is 8.32. The molecule has 0 saturated heterocycles. The summed E-state index contributed by atoms with van der Waals surface area (Å²) < 4.78 is 42.3. The van der Waals surface area contributed by atoms with Crippen molar-refractivity contribution < 1.29 is 18.0 Å². The number of halogens is 3. The van der Waals surface area contributed by atoms with Crippen molar-refractivity contribution in [3.05, 3.63) is 48.6 Å². The first-order chi connectivity index (χ1) is 14.2. The molecule has 0 aromatic carbocycles. The third-order valence-electron chi connectivity index (χ3n) is 4.14. The van der Waals surface area contributed by atoms with E-state index in [-0.39, 0.29) is 22.6 Å². The summed E-state index contributed by atoms with van der Waals surface area (Å²) in [5.74, 6) is -0.773. The van der Waals surface area contributed by atoms with E-state index in [4.69, 9.17) is 5.73 Å². The van der Waals surface area contributed by atoms with E-state index in [9.17, 15) is 18.0 Å². The third-order valence-corrected chi connectivity index (χ3v) is 4.14. The first kappa shape index (κ1) is 19.2. The van der Waals surface area contributed by atoms with Gasteiger partial charge in [-0.25, -0.2) is 24.6 Å². The second-order valence-electron chi connectivity index (χ2n) is 6.14. The highest BCUT2D eigenvalue weighted by molar-refractivity contribution is 6.22. The van der Waals surface area contributed by atoms with Gasteiger partial charge in [-0.2, -0.15) is 18.3 Å². The third kappa shape index (κ3) is 3.47. The number of carbonyl (C=O) groups is 1. The molecule has 4 aromatic rings. The van der Waals surface area contributed by atoms with Crippen molar-refractivity contribution in [3.63, 3.8) is 0 Å². The Morgan fingerprint density at radius 1 is 1.20 bits per heavy atom. The Balaban J connectivity index is 1.83. The van der Waals surface area contributed by atoms with Gasteiger partial charge in [-0.1, -0.05) is 0 Å². The minimum Gasteiger partial charge on any atom is -0.366 e. The summed E-state index contributed by atoms with van der Waals surface area (Å²) in [4.78, 5) is 27.2. The second kappa shape index (κ2) is 7.02. The number of aromatic nitrogens is 8. The molecule has 0 aliphatic heterocycles. The predicted molar refractivity (Wildman–Crippen MR) is 97.9 cm³/mol. The molecule has 4 aromatic heterocycles. The quantitative estimate of drug-likeness (QED) is 0.500. The van der Waals surface area contributed by atoms with Gasteiger partial charge in [0.15, 0.2) is 11.5 Å². The summed E-state index contributed by atoms with van der Waals surface area (Å²) in [6, 6.07) is 0.855. The van der Waals surface area contributed by atoms with Crippen LogP contribution in [0, 0.1) is 0 Å². The van der Waals surface area contributed by atoms with E-state index >= 15 is 0 Å². The Labute approximate surface area is 165 Å². The molecule has 0 radical (unpaired) electrons. The van der Waals surface area contributed by atoms with Crippen LogP contribution in [0.5, 0.6) is 0 Å². The van der Waals surface area contributed by atoms with Crippen LogP contribution < -0.4 is 5.73 Å². The molecule has 2 N–H and O–H groups in total. The van der Waals surface area contributed by atoms with Gasteiger partial charge in [-0.3, -0.25) is 9.48 Å². The molecule has 4 rings (SSSR count). The topological polar surface area (TPSA) is 130 Å². The Kier molecular flexibility index (Phi) is 4.49. The Bertz CT molecular complexity index is 1270. The molecule has 0 atom stereocenters. The van der Waals surface area contributed by atoms with Crippen molar-refractivity contribution >= 4 is 28.7 Å². The minimum absolute atomic E-state index is 0.00900. The normalized spacial score (nSPS) is 12.5. The highest BCUT2D eigenvalue weighted by atomic mass is 19.4. The van der Waals surface area contributed by atoms with Crippen LogP contribution in [0.2, 0.25) is 0 Å². The Morgan fingerprint density at radius 3 is 2.60 bits per heavy atom. The SMILES string of the molecule is Cn1ncc2c(-c3ncn(/C=C(/C(N)=O)c4cncnc4)n3)cc(C(F)(F)F)nc21. The van der Waals surface area contributed by atoms with Crippen molar-refractivity contribution in [2.75, 3.05) is 0 Å². The molecule has 152 valence electrons. The van der Waals surface area contributed by atoms with Crippen molar-refractivity contribution in [2.24, 2.45) is 12.8 Å². The average Bonchev–Trinajstić information content (AvgIpc) is 3.32. The molecule has 4 heterocycles. The Morgan fingerprint density at radius 2 is 1.93 bits per heavy atom. The molecule has 0 spiro atoms. The van der Waals surface area contributed by atoms with E-state index < -0.39 is 17.8 Å². The molecule has 0 unspecified atom stereocenters. The van der Waals surface area contributed by atoms with Gasteiger partial charge in [0.25, 0.3) is 5.91 Å². The number of amides is 1. The number of hydrogen-bond acceptors (Lipinski definition) is 7. The van der Waals surface area contributed by atoms with Crippen molar-refractivity contribution in [1.82, 2.24) is 39.5 Å². The van der Waals surface area contributed by atoms with Crippen LogP contribution >= 0.6 is 0 Å². The van der Waals surface area contributed by atoms with Gasteiger partial charge in [-0.05, 0) is 6.07 Å².